The lowest BCUT2D eigenvalue weighted by Gasteiger charge is -2.28. The Hall–Kier alpha value is -2.30. The van der Waals surface area contributed by atoms with E-state index in [2.05, 4.69) is 35.9 Å². The van der Waals surface area contributed by atoms with Crippen LogP contribution in [0.2, 0.25) is 0 Å². The van der Waals surface area contributed by atoms with Gasteiger partial charge in [-0.3, -0.25) is 9.48 Å². The lowest BCUT2D eigenvalue weighted by Crippen LogP contribution is -2.33. The zero-order valence-electron chi connectivity index (χ0n) is 15.5. The van der Waals surface area contributed by atoms with Gasteiger partial charge in [-0.25, -0.2) is 0 Å². The van der Waals surface area contributed by atoms with Crippen LogP contribution in [0.3, 0.4) is 0 Å². The Bertz CT molecular complexity index is 741. The van der Waals surface area contributed by atoms with Crippen molar-refractivity contribution in [2.75, 3.05) is 7.11 Å². The largest absolute Gasteiger partial charge is 0.497 e. The third-order valence-electron chi connectivity index (χ3n) is 4.68. The first kappa shape index (κ1) is 17.5. The summed E-state index contributed by atoms with van der Waals surface area (Å²) in [6.07, 6.45) is 5.37. The van der Waals surface area contributed by atoms with Crippen LogP contribution < -0.4 is 10.1 Å². The zero-order valence-corrected chi connectivity index (χ0v) is 15.5. The molecule has 0 saturated heterocycles. The number of aromatic nitrogens is 2. The van der Waals surface area contributed by atoms with Crippen molar-refractivity contribution >= 4 is 5.91 Å². The second kappa shape index (κ2) is 6.90. The molecule has 5 nitrogen and oxygen atoms in total. The van der Waals surface area contributed by atoms with Crippen LogP contribution >= 0.6 is 0 Å². The van der Waals surface area contributed by atoms with E-state index in [-0.39, 0.29) is 17.5 Å². The van der Waals surface area contributed by atoms with Crippen molar-refractivity contribution in [1.29, 1.82) is 0 Å². The molecule has 1 amide bonds. The second-order valence-corrected chi connectivity index (χ2v) is 7.67. The average molecular weight is 341 g/mol. The van der Waals surface area contributed by atoms with E-state index >= 15 is 0 Å². The zero-order chi connectivity index (χ0) is 18.0. The number of fused-ring (bicyclic) bond motifs is 1. The number of benzene rings is 1. The van der Waals surface area contributed by atoms with Gasteiger partial charge < -0.3 is 10.1 Å². The van der Waals surface area contributed by atoms with Gasteiger partial charge in [-0.15, -0.1) is 0 Å². The molecular weight excluding hydrogens is 314 g/mol. The van der Waals surface area contributed by atoms with Gasteiger partial charge in [0.25, 0.3) is 0 Å². The predicted molar refractivity (Wildman–Crippen MR) is 97.7 cm³/mol. The lowest BCUT2D eigenvalue weighted by molar-refractivity contribution is -0.121. The molecule has 0 aliphatic heterocycles. The highest BCUT2D eigenvalue weighted by Crippen LogP contribution is 2.32. The molecule has 3 rings (SSSR count). The van der Waals surface area contributed by atoms with Crippen molar-refractivity contribution in [1.82, 2.24) is 15.1 Å². The molecule has 5 heteroatoms. The van der Waals surface area contributed by atoms with Crippen LogP contribution in [0.4, 0.5) is 0 Å². The number of ether oxygens (including phenoxy) is 1. The SMILES string of the molecule is COc1ccc(CC(=O)N[C@@H]2CCCc3c2cnn3C(C)(C)C)cc1. The highest BCUT2D eigenvalue weighted by Gasteiger charge is 2.28. The molecule has 134 valence electrons. The molecule has 1 aliphatic rings. The standard InChI is InChI=1S/C20H27N3O2/c1-20(2,3)23-18-7-5-6-17(16(18)13-21-23)22-19(24)12-14-8-10-15(25-4)11-9-14/h8-11,13,17H,5-7,12H2,1-4H3,(H,22,24)/t17-/m1/s1. The molecule has 0 radical (unpaired) electrons. The Morgan fingerprint density at radius 3 is 2.68 bits per heavy atom. The Kier molecular flexibility index (Phi) is 4.84. The van der Waals surface area contributed by atoms with Gasteiger partial charge in [-0.2, -0.15) is 5.10 Å². The van der Waals surface area contributed by atoms with E-state index in [4.69, 9.17) is 4.74 Å². The molecule has 0 spiro atoms. The van der Waals surface area contributed by atoms with Crippen LogP contribution in [0.15, 0.2) is 30.5 Å². The molecule has 1 heterocycles. The van der Waals surface area contributed by atoms with Gasteiger partial charge >= 0.3 is 0 Å². The summed E-state index contributed by atoms with van der Waals surface area (Å²) in [5, 5.41) is 7.77. The van der Waals surface area contributed by atoms with Gasteiger partial charge in [0.2, 0.25) is 5.91 Å². The van der Waals surface area contributed by atoms with Crippen LogP contribution in [0, 0.1) is 0 Å². The molecule has 1 aromatic carbocycles. The summed E-state index contributed by atoms with van der Waals surface area (Å²) in [4.78, 5) is 12.5. The van der Waals surface area contributed by atoms with Gasteiger partial charge in [-0.05, 0) is 57.7 Å². The fraction of sp³-hybridized carbons (Fsp3) is 0.500. The van der Waals surface area contributed by atoms with Crippen molar-refractivity contribution < 1.29 is 9.53 Å². The fourth-order valence-electron chi connectivity index (χ4n) is 3.46. The van der Waals surface area contributed by atoms with Crippen molar-refractivity contribution in [3.63, 3.8) is 0 Å². The van der Waals surface area contributed by atoms with E-state index in [0.29, 0.717) is 6.42 Å². The monoisotopic (exact) mass is 341 g/mol. The molecule has 1 atom stereocenters. The topological polar surface area (TPSA) is 56.1 Å². The summed E-state index contributed by atoms with van der Waals surface area (Å²) >= 11 is 0. The quantitative estimate of drug-likeness (QED) is 0.927. The summed E-state index contributed by atoms with van der Waals surface area (Å²) in [7, 11) is 1.64. The van der Waals surface area contributed by atoms with Crippen LogP contribution in [-0.2, 0) is 23.2 Å². The van der Waals surface area contributed by atoms with Gasteiger partial charge in [0, 0.05) is 11.3 Å². The van der Waals surface area contributed by atoms with Crippen molar-refractivity contribution in [3.05, 3.63) is 47.3 Å². The molecule has 0 unspecified atom stereocenters. The molecule has 25 heavy (non-hydrogen) atoms. The molecule has 1 aliphatic carbocycles. The highest BCUT2D eigenvalue weighted by atomic mass is 16.5. The maximum atomic E-state index is 12.5. The van der Waals surface area contributed by atoms with E-state index in [1.165, 1.54) is 11.3 Å². The molecule has 0 fully saturated rings. The van der Waals surface area contributed by atoms with E-state index in [1.807, 2.05) is 30.5 Å². The van der Waals surface area contributed by atoms with Gasteiger partial charge in [0.05, 0.1) is 31.3 Å². The number of carbonyl (C=O) groups is 1. The Morgan fingerprint density at radius 1 is 1.32 bits per heavy atom. The number of carbonyl (C=O) groups excluding carboxylic acids is 1. The smallest absolute Gasteiger partial charge is 0.224 e. The fourth-order valence-corrected chi connectivity index (χ4v) is 3.46. The van der Waals surface area contributed by atoms with Crippen LogP contribution in [0.1, 0.15) is 56.5 Å². The lowest BCUT2D eigenvalue weighted by atomic mass is 9.92. The summed E-state index contributed by atoms with van der Waals surface area (Å²) < 4.78 is 7.26. The molecular formula is C20H27N3O2. The first-order valence-corrected chi connectivity index (χ1v) is 8.88. The number of nitrogens with one attached hydrogen (secondary N) is 1. The van der Waals surface area contributed by atoms with E-state index in [9.17, 15) is 4.79 Å². The number of rotatable bonds is 4. The van der Waals surface area contributed by atoms with E-state index in [0.717, 1.165) is 30.6 Å². The Morgan fingerprint density at radius 2 is 2.04 bits per heavy atom. The average Bonchev–Trinajstić information content (AvgIpc) is 3.01. The van der Waals surface area contributed by atoms with E-state index in [1.54, 1.807) is 7.11 Å². The van der Waals surface area contributed by atoms with Gasteiger partial charge in [-0.1, -0.05) is 12.1 Å². The minimum absolute atomic E-state index is 0.0391. The minimum Gasteiger partial charge on any atom is -0.497 e. The van der Waals surface area contributed by atoms with Crippen molar-refractivity contribution in [2.24, 2.45) is 0 Å². The third kappa shape index (κ3) is 3.86. The minimum atomic E-state index is -0.0391. The molecule has 0 bridgehead atoms. The van der Waals surface area contributed by atoms with E-state index < -0.39 is 0 Å². The van der Waals surface area contributed by atoms with Crippen LogP contribution in [-0.4, -0.2) is 22.8 Å². The molecule has 1 aromatic heterocycles. The number of amides is 1. The molecule has 1 N–H and O–H groups in total. The number of hydrogen-bond donors (Lipinski definition) is 1. The molecule has 0 saturated carbocycles. The third-order valence-corrected chi connectivity index (χ3v) is 4.68. The predicted octanol–water partition coefficient (Wildman–Crippen LogP) is 3.38. The number of nitrogens with zero attached hydrogens (tertiary/aromatic N) is 2. The first-order valence-electron chi connectivity index (χ1n) is 8.88. The second-order valence-electron chi connectivity index (χ2n) is 7.67. The first-order chi connectivity index (χ1) is 11.9. The summed E-state index contributed by atoms with van der Waals surface area (Å²) in [5.74, 6) is 0.849. The maximum absolute atomic E-state index is 12.5. The number of hydrogen-bond acceptors (Lipinski definition) is 3. The Balaban J connectivity index is 1.69. The van der Waals surface area contributed by atoms with Gasteiger partial charge in [0.15, 0.2) is 0 Å². The normalized spacial score (nSPS) is 17.0. The van der Waals surface area contributed by atoms with Crippen molar-refractivity contribution in [2.45, 2.75) is 58.0 Å². The summed E-state index contributed by atoms with van der Waals surface area (Å²) in [6, 6.07) is 7.69. The number of methoxy groups -OCH3 is 1. The summed E-state index contributed by atoms with van der Waals surface area (Å²) in [6.45, 7) is 6.48. The Labute approximate surface area is 149 Å². The van der Waals surface area contributed by atoms with Gasteiger partial charge in [0.1, 0.15) is 5.75 Å². The van der Waals surface area contributed by atoms with Crippen molar-refractivity contribution in [3.8, 4) is 5.75 Å². The van der Waals surface area contributed by atoms with Crippen LogP contribution in [0.25, 0.3) is 0 Å². The highest BCUT2D eigenvalue weighted by molar-refractivity contribution is 5.79. The summed E-state index contributed by atoms with van der Waals surface area (Å²) in [5.41, 5.74) is 3.38. The van der Waals surface area contributed by atoms with Crippen LogP contribution in [0.5, 0.6) is 5.75 Å². The molecule has 2 aromatic rings. The maximum Gasteiger partial charge on any atom is 0.224 e.